The summed E-state index contributed by atoms with van der Waals surface area (Å²) in [6, 6.07) is 7.25. The lowest BCUT2D eigenvalue weighted by Crippen LogP contribution is -2.34. The first kappa shape index (κ1) is 13.9. The molecule has 1 aromatic carbocycles. The van der Waals surface area contributed by atoms with Crippen molar-refractivity contribution in [2.75, 3.05) is 19.4 Å². The molecular weight excluding hydrogens is 248 g/mol. The quantitative estimate of drug-likeness (QED) is 0.247. The molecule has 0 atom stereocenters. The molecule has 0 saturated carbocycles. The summed E-state index contributed by atoms with van der Waals surface area (Å²) in [6.07, 6.45) is 1.63. The molecule has 6 nitrogen and oxygen atoms in total. The number of hydrazine groups is 1. The molecule has 0 amide bonds. The van der Waals surface area contributed by atoms with Crippen molar-refractivity contribution in [3.05, 3.63) is 23.8 Å². The van der Waals surface area contributed by atoms with Crippen molar-refractivity contribution in [1.82, 2.24) is 10.3 Å². The highest BCUT2D eigenvalue weighted by atomic mass is 32.1. The molecule has 1 aromatic rings. The van der Waals surface area contributed by atoms with Crippen LogP contribution in [0.1, 0.15) is 5.56 Å². The molecule has 0 aliphatic rings. The maximum absolute atomic E-state index is 9.06. The number of rotatable bonds is 3. The second-order valence-electron chi connectivity index (χ2n) is 3.65. The monoisotopic (exact) mass is 262 g/mol. The highest BCUT2D eigenvalue weighted by molar-refractivity contribution is 7.80. The van der Waals surface area contributed by atoms with E-state index in [1.807, 2.05) is 14.1 Å². The van der Waals surface area contributed by atoms with Crippen LogP contribution in [0.5, 0.6) is 0 Å². The van der Waals surface area contributed by atoms with E-state index in [0.717, 1.165) is 0 Å². The van der Waals surface area contributed by atoms with Crippen LogP contribution in [0.2, 0.25) is 0 Å². The Morgan fingerprint density at radius 3 is 2.83 bits per heavy atom. The number of nitrogens with one attached hydrogen (secondary N) is 2. The van der Waals surface area contributed by atoms with Gasteiger partial charge in [-0.25, -0.2) is 10.8 Å². The largest absolute Gasteiger partial charge is 0.369 e. The standard InChI is InChI=1S/C11H14N6S/c1-17(2)7-14-10-4-3-9(5-8(10)6-12)15-11(18)16-13/h3-5,7H,13H2,1-2H3,(H2,15,16,18)/b14-7+. The van der Waals surface area contributed by atoms with E-state index in [4.69, 9.17) is 23.3 Å². The zero-order valence-electron chi connectivity index (χ0n) is 10.1. The second-order valence-corrected chi connectivity index (χ2v) is 4.06. The number of nitrogens with two attached hydrogens (primary N) is 1. The van der Waals surface area contributed by atoms with Gasteiger partial charge in [-0.2, -0.15) is 5.26 Å². The Hall–Kier alpha value is -2.17. The van der Waals surface area contributed by atoms with Gasteiger partial charge in [0.25, 0.3) is 0 Å². The van der Waals surface area contributed by atoms with E-state index in [1.165, 1.54) is 0 Å². The Labute approximate surface area is 111 Å². The fourth-order valence-corrected chi connectivity index (χ4v) is 1.28. The van der Waals surface area contributed by atoms with Crippen molar-refractivity contribution >= 4 is 35.0 Å². The van der Waals surface area contributed by atoms with Gasteiger partial charge in [0.2, 0.25) is 0 Å². The first-order valence-electron chi connectivity index (χ1n) is 5.09. The second kappa shape index (κ2) is 6.54. The Balaban J connectivity index is 2.97. The smallest absolute Gasteiger partial charge is 0.185 e. The molecule has 0 unspecified atom stereocenters. The average Bonchev–Trinajstić information content (AvgIpc) is 2.36. The predicted molar refractivity (Wildman–Crippen MR) is 76.5 cm³/mol. The number of nitriles is 1. The van der Waals surface area contributed by atoms with E-state index in [1.54, 1.807) is 29.4 Å². The third-order valence-corrected chi connectivity index (χ3v) is 2.15. The summed E-state index contributed by atoms with van der Waals surface area (Å²) in [4.78, 5) is 5.99. The maximum atomic E-state index is 9.06. The summed E-state index contributed by atoms with van der Waals surface area (Å²) >= 11 is 4.87. The van der Waals surface area contributed by atoms with Gasteiger partial charge in [-0.05, 0) is 30.4 Å². The molecule has 0 aromatic heterocycles. The first-order valence-corrected chi connectivity index (χ1v) is 5.50. The van der Waals surface area contributed by atoms with Crippen molar-refractivity contribution in [2.24, 2.45) is 10.8 Å². The van der Waals surface area contributed by atoms with Crippen LogP contribution in [0.4, 0.5) is 11.4 Å². The number of benzene rings is 1. The number of thiocarbonyl (C=S) groups is 1. The van der Waals surface area contributed by atoms with E-state index in [-0.39, 0.29) is 5.11 Å². The highest BCUT2D eigenvalue weighted by Gasteiger charge is 2.03. The van der Waals surface area contributed by atoms with Gasteiger partial charge in [-0.15, -0.1) is 0 Å². The lowest BCUT2D eigenvalue weighted by atomic mass is 10.2. The number of aliphatic imine (C=N–C) groups is 1. The SMILES string of the molecule is CN(C)/C=N/c1ccc(NC(=S)NN)cc1C#N. The van der Waals surface area contributed by atoms with E-state index < -0.39 is 0 Å². The molecule has 0 aliphatic carbocycles. The zero-order valence-corrected chi connectivity index (χ0v) is 11.0. The normalized spacial score (nSPS) is 9.89. The van der Waals surface area contributed by atoms with Gasteiger partial charge in [-0.1, -0.05) is 0 Å². The summed E-state index contributed by atoms with van der Waals surface area (Å²) in [5.41, 5.74) is 4.04. The van der Waals surface area contributed by atoms with Gasteiger partial charge in [0.1, 0.15) is 6.07 Å². The Morgan fingerprint density at radius 2 is 2.28 bits per heavy atom. The molecule has 7 heteroatoms. The van der Waals surface area contributed by atoms with Gasteiger partial charge >= 0.3 is 0 Å². The Kier molecular flexibility index (Phi) is 5.05. The van der Waals surface area contributed by atoms with E-state index in [2.05, 4.69) is 21.8 Å². The van der Waals surface area contributed by atoms with Crippen LogP contribution in [-0.2, 0) is 0 Å². The maximum Gasteiger partial charge on any atom is 0.185 e. The summed E-state index contributed by atoms with van der Waals surface area (Å²) < 4.78 is 0. The number of hydrogen-bond donors (Lipinski definition) is 3. The topological polar surface area (TPSA) is 89.5 Å². The summed E-state index contributed by atoms with van der Waals surface area (Å²) in [6.45, 7) is 0. The van der Waals surface area contributed by atoms with Crippen molar-refractivity contribution in [3.63, 3.8) is 0 Å². The third-order valence-electron chi connectivity index (χ3n) is 1.93. The van der Waals surface area contributed by atoms with Crippen LogP contribution in [0.15, 0.2) is 23.2 Å². The zero-order chi connectivity index (χ0) is 13.5. The molecule has 94 valence electrons. The van der Waals surface area contributed by atoms with Crippen LogP contribution in [-0.4, -0.2) is 30.4 Å². The molecule has 0 saturated heterocycles. The molecule has 0 fully saturated rings. The van der Waals surface area contributed by atoms with Crippen LogP contribution in [0, 0.1) is 11.3 Å². The van der Waals surface area contributed by atoms with E-state index in [9.17, 15) is 0 Å². The fourth-order valence-electron chi connectivity index (χ4n) is 1.16. The molecular formula is C11H14N6S. The van der Waals surface area contributed by atoms with Gasteiger partial charge in [0.15, 0.2) is 5.11 Å². The van der Waals surface area contributed by atoms with E-state index >= 15 is 0 Å². The minimum Gasteiger partial charge on any atom is -0.369 e. The van der Waals surface area contributed by atoms with Crippen molar-refractivity contribution in [1.29, 1.82) is 5.26 Å². The van der Waals surface area contributed by atoms with Crippen LogP contribution < -0.4 is 16.6 Å². The molecule has 0 heterocycles. The lowest BCUT2D eigenvalue weighted by molar-refractivity contribution is 0.643. The van der Waals surface area contributed by atoms with Crippen molar-refractivity contribution in [2.45, 2.75) is 0 Å². The molecule has 18 heavy (non-hydrogen) atoms. The van der Waals surface area contributed by atoms with Crippen LogP contribution >= 0.6 is 12.2 Å². The van der Waals surface area contributed by atoms with Gasteiger partial charge in [-0.3, -0.25) is 0 Å². The van der Waals surface area contributed by atoms with Crippen molar-refractivity contribution < 1.29 is 0 Å². The molecule has 0 bridgehead atoms. The predicted octanol–water partition coefficient (Wildman–Crippen LogP) is 0.940. The van der Waals surface area contributed by atoms with Gasteiger partial charge in [0.05, 0.1) is 17.6 Å². The number of anilines is 1. The molecule has 0 radical (unpaired) electrons. The first-order chi connectivity index (χ1) is 8.56. The fraction of sp³-hybridized carbons (Fsp3) is 0.182. The van der Waals surface area contributed by atoms with Gasteiger partial charge in [0, 0.05) is 19.8 Å². The number of hydrogen-bond acceptors (Lipinski definition) is 4. The summed E-state index contributed by atoms with van der Waals surface area (Å²) in [7, 11) is 3.72. The van der Waals surface area contributed by atoms with Crippen LogP contribution in [0.3, 0.4) is 0 Å². The summed E-state index contributed by atoms with van der Waals surface area (Å²) in [5, 5.41) is 12.2. The molecule has 4 N–H and O–H groups in total. The van der Waals surface area contributed by atoms with Crippen molar-refractivity contribution in [3.8, 4) is 6.07 Å². The van der Waals surface area contributed by atoms with Crippen LogP contribution in [0.25, 0.3) is 0 Å². The highest BCUT2D eigenvalue weighted by Crippen LogP contribution is 2.22. The average molecular weight is 262 g/mol. The third kappa shape index (κ3) is 4.01. The molecule has 0 aliphatic heterocycles. The molecule has 0 spiro atoms. The Morgan fingerprint density at radius 1 is 1.56 bits per heavy atom. The lowest BCUT2D eigenvalue weighted by Gasteiger charge is -2.08. The number of nitrogens with zero attached hydrogens (tertiary/aromatic N) is 3. The minimum absolute atomic E-state index is 0.281. The summed E-state index contributed by atoms with van der Waals surface area (Å²) in [5.74, 6) is 5.15. The van der Waals surface area contributed by atoms with Gasteiger partial charge < -0.3 is 15.6 Å². The molecule has 1 rings (SSSR count). The minimum atomic E-state index is 0.281. The van der Waals surface area contributed by atoms with E-state index in [0.29, 0.717) is 16.9 Å². The Bertz CT molecular complexity index is 503.